The molecule has 0 radical (unpaired) electrons. The number of hydrogen-bond acceptors (Lipinski definition) is 6. The third kappa shape index (κ3) is 5.02. The van der Waals surface area contributed by atoms with Crippen molar-refractivity contribution >= 4 is 17.4 Å². The van der Waals surface area contributed by atoms with Gasteiger partial charge >= 0.3 is 0 Å². The maximum absolute atomic E-state index is 15.6. The second-order valence-electron chi connectivity index (χ2n) is 9.42. The summed E-state index contributed by atoms with van der Waals surface area (Å²) in [4.78, 5) is 23.5. The van der Waals surface area contributed by atoms with Crippen molar-refractivity contribution in [3.8, 4) is 16.9 Å². The van der Waals surface area contributed by atoms with E-state index in [1.165, 1.54) is 11.0 Å². The van der Waals surface area contributed by atoms with E-state index in [1.54, 1.807) is 39.7 Å². The molecule has 5 rings (SSSR count). The lowest BCUT2D eigenvalue weighted by molar-refractivity contribution is 0.0828. The van der Waals surface area contributed by atoms with Gasteiger partial charge in [0.2, 0.25) is 0 Å². The number of halogens is 1. The highest BCUT2D eigenvalue weighted by Crippen LogP contribution is 2.41. The highest BCUT2D eigenvalue weighted by molar-refractivity contribution is 6.01. The van der Waals surface area contributed by atoms with Crippen molar-refractivity contribution in [1.82, 2.24) is 14.9 Å². The van der Waals surface area contributed by atoms with Crippen LogP contribution in [-0.4, -0.2) is 55.1 Å². The molecule has 1 aliphatic heterocycles. The molecular weight excluding hydrogens is 481 g/mol. The number of hydrogen-bond donors (Lipinski definition) is 2. The van der Waals surface area contributed by atoms with Crippen LogP contribution in [0.15, 0.2) is 73.1 Å². The van der Waals surface area contributed by atoms with Gasteiger partial charge in [0.1, 0.15) is 17.4 Å². The van der Waals surface area contributed by atoms with Crippen LogP contribution in [0.2, 0.25) is 0 Å². The van der Waals surface area contributed by atoms with Gasteiger partial charge in [-0.1, -0.05) is 24.3 Å². The number of nitrogens with zero attached hydrogens (tertiary/aromatic N) is 3. The number of fused-ring (bicyclic) bond motifs is 1. The Morgan fingerprint density at radius 3 is 2.66 bits per heavy atom. The molecular formula is C30H30FN5O2. The van der Waals surface area contributed by atoms with E-state index in [2.05, 4.69) is 20.6 Å². The molecule has 8 heteroatoms. The van der Waals surface area contributed by atoms with Crippen LogP contribution in [0.1, 0.15) is 33.1 Å². The van der Waals surface area contributed by atoms with Crippen molar-refractivity contribution in [3.63, 3.8) is 0 Å². The largest absolute Gasteiger partial charge is 0.496 e. The molecule has 0 fully saturated rings. The number of amides is 1. The summed E-state index contributed by atoms with van der Waals surface area (Å²) < 4.78 is 21.2. The number of para-hydroxylation sites is 1. The van der Waals surface area contributed by atoms with Crippen LogP contribution >= 0.6 is 0 Å². The Bertz CT molecular complexity index is 1460. The van der Waals surface area contributed by atoms with Gasteiger partial charge in [-0.05, 0) is 42.0 Å². The van der Waals surface area contributed by atoms with Crippen molar-refractivity contribution in [1.29, 1.82) is 0 Å². The predicted molar refractivity (Wildman–Crippen MR) is 147 cm³/mol. The Hall–Kier alpha value is -4.46. The number of pyridine rings is 2. The number of methoxy groups -OCH3 is 1. The molecule has 1 atom stereocenters. The number of carbonyl (C=O) groups excluding carboxylic acids is 1. The monoisotopic (exact) mass is 511 g/mol. The zero-order valence-corrected chi connectivity index (χ0v) is 21.7. The van der Waals surface area contributed by atoms with Gasteiger partial charge in [0, 0.05) is 74.3 Å². The zero-order chi connectivity index (χ0) is 26.6. The molecule has 0 saturated carbocycles. The zero-order valence-electron chi connectivity index (χ0n) is 21.7. The van der Waals surface area contributed by atoms with Gasteiger partial charge in [-0.25, -0.2) is 9.37 Å². The minimum absolute atomic E-state index is 0.0360. The van der Waals surface area contributed by atoms with Crippen molar-refractivity contribution < 1.29 is 13.9 Å². The lowest BCUT2D eigenvalue weighted by Gasteiger charge is -2.18. The van der Waals surface area contributed by atoms with Crippen molar-refractivity contribution in [3.05, 3.63) is 101 Å². The summed E-state index contributed by atoms with van der Waals surface area (Å²) in [5, 5.41) is 6.49. The number of benzene rings is 2. The van der Waals surface area contributed by atoms with Gasteiger partial charge in [-0.15, -0.1) is 0 Å². The number of carbonyl (C=O) groups is 1. The number of nitrogens with one attached hydrogen (secondary N) is 2. The molecule has 0 aliphatic carbocycles. The fourth-order valence-electron chi connectivity index (χ4n) is 4.82. The molecule has 0 spiro atoms. The first-order valence-corrected chi connectivity index (χ1v) is 12.5. The highest BCUT2D eigenvalue weighted by Gasteiger charge is 2.28. The van der Waals surface area contributed by atoms with Crippen LogP contribution in [0.4, 0.5) is 15.9 Å². The fourth-order valence-corrected chi connectivity index (χ4v) is 4.82. The van der Waals surface area contributed by atoms with E-state index < -0.39 is 5.82 Å². The average molecular weight is 512 g/mol. The maximum atomic E-state index is 15.6. The summed E-state index contributed by atoms with van der Waals surface area (Å²) in [6.45, 7) is 1.12. The molecule has 0 saturated heterocycles. The molecule has 1 unspecified atom stereocenters. The minimum Gasteiger partial charge on any atom is -0.496 e. The van der Waals surface area contributed by atoms with Crippen LogP contribution < -0.4 is 15.4 Å². The van der Waals surface area contributed by atoms with Gasteiger partial charge in [-0.2, -0.15) is 0 Å². The van der Waals surface area contributed by atoms with Crippen LogP contribution in [0.5, 0.6) is 5.75 Å². The van der Waals surface area contributed by atoms with E-state index in [1.807, 2.05) is 48.5 Å². The maximum Gasteiger partial charge on any atom is 0.255 e. The van der Waals surface area contributed by atoms with Crippen molar-refractivity contribution in [2.45, 2.75) is 12.3 Å². The average Bonchev–Trinajstić information content (AvgIpc) is 3.37. The molecule has 1 aliphatic rings. The van der Waals surface area contributed by atoms with Crippen LogP contribution in [0.25, 0.3) is 11.1 Å². The second-order valence-corrected chi connectivity index (χ2v) is 9.42. The number of ether oxygens (including phenoxy) is 1. The van der Waals surface area contributed by atoms with E-state index >= 15 is 4.39 Å². The summed E-state index contributed by atoms with van der Waals surface area (Å²) in [6, 6.07) is 18.8. The molecule has 4 aromatic rings. The Morgan fingerprint density at radius 1 is 1.08 bits per heavy atom. The first-order chi connectivity index (χ1) is 18.5. The lowest BCUT2D eigenvalue weighted by Crippen LogP contribution is -2.24. The molecule has 0 bridgehead atoms. The van der Waals surface area contributed by atoms with Crippen LogP contribution in [-0.2, 0) is 6.42 Å². The summed E-state index contributed by atoms with van der Waals surface area (Å²) in [5.74, 6) is 0.863. The molecule has 2 N–H and O–H groups in total. The Balaban J connectivity index is 1.49. The molecule has 2 aromatic heterocycles. The van der Waals surface area contributed by atoms with Gasteiger partial charge < -0.3 is 20.3 Å². The smallest absolute Gasteiger partial charge is 0.255 e. The normalized spacial score (nSPS) is 13.9. The van der Waals surface area contributed by atoms with Gasteiger partial charge in [-0.3, -0.25) is 9.78 Å². The fraction of sp³-hybridized carbons (Fsp3) is 0.233. The second kappa shape index (κ2) is 10.9. The Kier molecular flexibility index (Phi) is 7.22. The summed E-state index contributed by atoms with van der Waals surface area (Å²) in [7, 11) is 4.98. The van der Waals surface area contributed by atoms with Gasteiger partial charge in [0.15, 0.2) is 0 Å². The summed E-state index contributed by atoms with van der Waals surface area (Å²) in [5.41, 5.74) is 4.73. The van der Waals surface area contributed by atoms with Crippen molar-refractivity contribution in [2.75, 3.05) is 44.9 Å². The van der Waals surface area contributed by atoms with Crippen molar-refractivity contribution in [2.24, 2.45) is 0 Å². The van der Waals surface area contributed by atoms with Gasteiger partial charge in [0.05, 0.1) is 18.4 Å². The van der Waals surface area contributed by atoms with Gasteiger partial charge in [0.25, 0.3) is 5.91 Å². The third-order valence-corrected chi connectivity index (χ3v) is 6.75. The Labute approximate surface area is 221 Å². The molecule has 38 heavy (non-hydrogen) atoms. The SMILES string of the molecule is COc1ccccc1C1CNc2ncc(-c3cc(F)c(NCCc4ccccn4)c(C(=O)N(C)C)c3)cc21. The van der Waals surface area contributed by atoms with E-state index in [0.29, 0.717) is 25.1 Å². The van der Waals surface area contributed by atoms with Crippen LogP contribution in [0, 0.1) is 5.82 Å². The van der Waals surface area contributed by atoms with E-state index in [-0.39, 0.29) is 23.1 Å². The first kappa shape index (κ1) is 25.2. The third-order valence-electron chi connectivity index (χ3n) is 6.75. The predicted octanol–water partition coefficient (Wildman–Crippen LogP) is 5.21. The number of anilines is 2. The molecule has 2 aromatic carbocycles. The first-order valence-electron chi connectivity index (χ1n) is 12.5. The summed E-state index contributed by atoms with van der Waals surface area (Å²) in [6.07, 6.45) is 4.04. The standard InChI is InChI=1S/C30H30FN5O2/c1-36(2)30(37)24-14-19(16-26(31)28(24)33-13-11-21-8-6-7-12-32-21)20-15-23-25(18-35-29(23)34-17-20)22-9-4-5-10-27(22)38-3/h4-10,12,14-17,25,33H,11,13,18H2,1-3H3,(H,34,35). The highest BCUT2D eigenvalue weighted by atomic mass is 19.1. The topological polar surface area (TPSA) is 79.4 Å². The number of rotatable bonds is 8. The summed E-state index contributed by atoms with van der Waals surface area (Å²) >= 11 is 0. The minimum atomic E-state index is -0.492. The molecule has 1 amide bonds. The number of aromatic nitrogens is 2. The van der Waals surface area contributed by atoms with E-state index in [4.69, 9.17) is 4.74 Å². The molecule has 3 heterocycles. The van der Waals surface area contributed by atoms with E-state index in [9.17, 15) is 4.79 Å². The molecule has 194 valence electrons. The quantitative estimate of drug-likeness (QED) is 0.338. The Morgan fingerprint density at radius 2 is 1.89 bits per heavy atom. The molecule has 7 nitrogen and oxygen atoms in total. The van der Waals surface area contributed by atoms with E-state index in [0.717, 1.165) is 34.0 Å². The lowest BCUT2D eigenvalue weighted by atomic mass is 9.91. The van der Waals surface area contributed by atoms with Crippen LogP contribution in [0.3, 0.4) is 0 Å².